The van der Waals surface area contributed by atoms with E-state index in [2.05, 4.69) is 74.4 Å². The minimum atomic E-state index is -1.17. The van der Waals surface area contributed by atoms with Crippen LogP contribution in [0, 0.1) is 0 Å². The zero-order valence-corrected chi connectivity index (χ0v) is 80.9. The number of carbonyl (C=O) groups is 14. The Hall–Kier alpha value is -8.06. The molecule has 0 spiro atoms. The number of nitrogens with one attached hydrogen (secondary N) is 14. The highest BCUT2D eigenvalue weighted by Crippen LogP contribution is 2.15. The third-order valence-electron chi connectivity index (χ3n) is 23.3. The van der Waals surface area contributed by atoms with E-state index >= 15 is 0 Å². The Kier molecular flexibility index (Phi) is 78.1. The summed E-state index contributed by atoms with van der Waals surface area (Å²) in [5.41, 5.74) is 94.9. The Morgan fingerprint density at radius 1 is 0.134 bits per heavy atom. The van der Waals surface area contributed by atoms with Crippen LogP contribution in [0.15, 0.2) is 0 Å². The van der Waals surface area contributed by atoms with Crippen LogP contribution < -0.4 is 166 Å². The van der Waals surface area contributed by atoms with Crippen molar-refractivity contribution in [2.75, 3.05) is 105 Å². The van der Waals surface area contributed by atoms with Gasteiger partial charge in [-0.05, 0) is 284 Å². The molecule has 14 unspecified atom stereocenters. The zero-order valence-electron chi connectivity index (χ0n) is 80.9. The fraction of sp³-hybridized carbons (Fsp3) is 0.844. The van der Waals surface area contributed by atoms with Crippen molar-refractivity contribution in [3.05, 3.63) is 0 Å². The fourth-order valence-electron chi connectivity index (χ4n) is 14.5. The summed E-state index contributed by atoms with van der Waals surface area (Å²) in [5, 5.41) is 40.0. The van der Waals surface area contributed by atoms with Crippen LogP contribution in [0.2, 0.25) is 0 Å². The van der Waals surface area contributed by atoms with Gasteiger partial charge < -0.3 is 166 Å². The largest absolute Gasteiger partial charge is 0.355 e. The summed E-state index contributed by atoms with van der Waals surface area (Å²) in [5.74, 6) is -6.83. The van der Waals surface area contributed by atoms with E-state index in [4.69, 9.17) is 91.7 Å². The number of rotatable bonds is 89. The first-order valence-electron chi connectivity index (χ1n) is 50.1. The van der Waals surface area contributed by atoms with Crippen LogP contribution in [0.3, 0.4) is 0 Å². The summed E-state index contributed by atoms with van der Waals surface area (Å²) in [6.45, 7) is 5.09. The van der Waals surface area contributed by atoms with Crippen LogP contribution in [-0.2, 0) is 67.1 Å². The molecule has 0 aliphatic carbocycles. The van der Waals surface area contributed by atoms with Gasteiger partial charge in [0.2, 0.25) is 82.7 Å². The molecule has 778 valence electrons. The second-order valence-electron chi connectivity index (χ2n) is 35.2. The first kappa shape index (κ1) is 126. The maximum absolute atomic E-state index is 14.6. The normalized spacial score (nSPS) is 14.5. The first-order chi connectivity index (χ1) is 64.4. The molecule has 46 N–H and O–H groups in total. The lowest BCUT2D eigenvalue weighted by Gasteiger charge is -2.25. The van der Waals surface area contributed by atoms with Crippen LogP contribution in [-0.4, -0.2) is 272 Å². The van der Waals surface area contributed by atoms with Crippen LogP contribution in [0.1, 0.15) is 295 Å². The van der Waals surface area contributed by atoms with Gasteiger partial charge in [-0.25, -0.2) is 0 Å². The van der Waals surface area contributed by atoms with Crippen molar-refractivity contribution in [2.24, 2.45) is 91.7 Å². The van der Waals surface area contributed by atoms with Crippen molar-refractivity contribution in [3.63, 3.8) is 0 Å². The summed E-state index contributed by atoms with van der Waals surface area (Å²) in [6.07, 6.45) is 21.0. The second-order valence-corrected chi connectivity index (χ2v) is 35.2. The van der Waals surface area contributed by atoms with Gasteiger partial charge in [-0.1, -0.05) is 64.2 Å². The Bertz CT molecular complexity index is 3000. The van der Waals surface area contributed by atoms with E-state index in [-0.39, 0.29) is 127 Å². The van der Waals surface area contributed by atoms with Crippen molar-refractivity contribution in [3.8, 4) is 0 Å². The minimum Gasteiger partial charge on any atom is -0.355 e. The zero-order chi connectivity index (χ0) is 99.9. The van der Waals surface area contributed by atoms with E-state index in [1.165, 1.54) is 0 Å². The average molecular weight is 1910 g/mol. The molecule has 0 saturated carbocycles. The SMILES string of the molecule is NCCCCC(N)C(=O)NCCCCC(NC(=O)C(N)CCCCN)C(=O)NCCCCC(NC(=O)C(CCCCNC(=O)C(N)CCCCN)NC(=O)C(N)CCCCN)C(=O)NCCCCCCNC(=O)C(CCCCNC(=O)C(CCCCNC(=O)C(N)CCCCN)NC(=O)C(N)CCCCN)NC(=O)C(CCCCNC(=O)C(N)CCCCN)NC(=O)C(N)CCCCN. The van der Waals surface area contributed by atoms with E-state index in [1.807, 2.05) is 0 Å². The lowest BCUT2D eigenvalue weighted by Crippen LogP contribution is -2.55. The Morgan fingerprint density at radius 2 is 0.254 bits per heavy atom. The van der Waals surface area contributed by atoms with Crippen LogP contribution in [0.4, 0.5) is 0 Å². The molecule has 44 heteroatoms. The fourth-order valence-corrected chi connectivity index (χ4v) is 14.5. The first-order valence-corrected chi connectivity index (χ1v) is 50.1. The van der Waals surface area contributed by atoms with E-state index in [0.717, 1.165) is 25.7 Å². The summed E-state index contributed by atoms with van der Waals surface area (Å²) >= 11 is 0. The molecular formula is C90H184N30O14. The minimum absolute atomic E-state index is 0.0715. The average Bonchev–Trinajstić information content (AvgIpc) is 0.869. The van der Waals surface area contributed by atoms with Crippen molar-refractivity contribution in [1.29, 1.82) is 0 Å². The lowest BCUT2D eigenvalue weighted by atomic mass is 10.0. The molecule has 0 radical (unpaired) electrons. The number of amides is 14. The Labute approximate surface area is 797 Å². The van der Waals surface area contributed by atoms with Gasteiger partial charge in [0.1, 0.15) is 36.3 Å². The second kappa shape index (κ2) is 83.1. The number of nitrogens with two attached hydrogens (primary N) is 16. The van der Waals surface area contributed by atoms with E-state index < -0.39 is 144 Å². The van der Waals surface area contributed by atoms with Gasteiger partial charge in [0, 0.05) is 52.4 Å². The summed E-state index contributed by atoms with van der Waals surface area (Å²) in [4.78, 5) is 191. The number of hydrogen-bond donors (Lipinski definition) is 30. The van der Waals surface area contributed by atoms with Gasteiger partial charge in [-0.15, -0.1) is 0 Å². The third-order valence-corrected chi connectivity index (χ3v) is 23.3. The predicted octanol–water partition coefficient (Wildman–Crippen LogP) is -4.94. The quantitative estimate of drug-likeness (QED) is 0.0254. The molecule has 0 bridgehead atoms. The summed E-state index contributed by atoms with van der Waals surface area (Å²) in [7, 11) is 0. The standard InChI is InChI=1S/C90H184N30O14/c91-47-17-3-33-63(99)77(121)107-57-27-11-41-71(115-81(125)67(103)37-7-21-51-95)85(129)113-61-31-13-43-73(119-89(133)75(117-83(127)69(105)39-9-23-53-97)45-15-29-59-109-79(123)65(101)35-5-19-49-93)87(131)111-55-25-1-2-26-56-112-88(132)74(120-90(134)76(118-84(128)70(106)40-10-24-54-98)46-16-30-60-110-80(124)66(102)36-6-20-50-94)44-14-32-62-114-86(130)72(116-82(126)68(104)38-8-22-52-96)42-12-28-58-108-78(122)64(100)34-4-18-48-92/h63-76H,1-62,91-106H2,(H,107,121)(H,108,122)(H,109,123)(H,110,124)(H,111,131)(H,112,132)(H,113,129)(H,114,130)(H,115,125)(H,116,126)(H,117,127)(H,118,128)(H,119,133)(H,120,134). The van der Waals surface area contributed by atoms with Crippen LogP contribution in [0.25, 0.3) is 0 Å². The van der Waals surface area contributed by atoms with Gasteiger partial charge in [-0.2, -0.15) is 0 Å². The highest BCUT2D eigenvalue weighted by atomic mass is 16.2. The molecule has 0 rings (SSSR count). The lowest BCUT2D eigenvalue weighted by molar-refractivity contribution is -0.132. The molecule has 44 nitrogen and oxygen atoms in total. The molecule has 0 aromatic heterocycles. The summed E-state index contributed by atoms with van der Waals surface area (Å²) in [6, 6.07) is -13.2. The van der Waals surface area contributed by atoms with Gasteiger partial charge in [0.05, 0.1) is 48.3 Å². The van der Waals surface area contributed by atoms with Crippen LogP contribution in [0.5, 0.6) is 0 Å². The van der Waals surface area contributed by atoms with Crippen LogP contribution >= 0.6 is 0 Å². The van der Waals surface area contributed by atoms with E-state index in [9.17, 15) is 67.1 Å². The molecule has 0 saturated heterocycles. The number of unbranched alkanes of at least 4 members (excludes halogenated alkanes) is 17. The molecule has 0 aromatic rings. The molecule has 0 aliphatic heterocycles. The molecule has 14 amide bonds. The van der Waals surface area contributed by atoms with Gasteiger partial charge >= 0.3 is 0 Å². The molecule has 134 heavy (non-hydrogen) atoms. The monoisotopic (exact) mass is 1910 g/mol. The smallest absolute Gasteiger partial charge is 0.243 e. The topological polar surface area (TPSA) is 824 Å². The van der Waals surface area contributed by atoms with E-state index in [0.29, 0.717) is 271 Å². The Morgan fingerprint density at radius 3 is 0.410 bits per heavy atom. The van der Waals surface area contributed by atoms with Crippen molar-refractivity contribution < 1.29 is 67.1 Å². The molecule has 14 atom stereocenters. The van der Waals surface area contributed by atoms with Gasteiger partial charge in [0.25, 0.3) is 0 Å². The maximum atomic E-state index is 14.6. The van der Waals surface area contributed by atoms with Crippen molar-refractivity contribution in [2.45, 2.75) is 380 Å². The van der Waals surface area contributed by atoms with E-state index in [1.54, 1.807) is 0 Å². The van der Waals surface area contributed by atoms with Crippen molar-refractivity contribution >= 4 is 82.7 Å². The Balaban J connectivity index is 7.09. The number of hydrogen-bond acceptors (Lipinski definition) is 30. The third kappa shape index (κ3) is 64.1. The highest BCUT2D eigenvalue weighted by molar-refractivity contribution is 5.95. The molecule has 0 aromatic carbocycles. The van der Waals surface area contributed by atoms with Crippen molar-refractivity contribution in [1.82, 2.24) is 74.4 Å². The molecule has 0 aliphatic rings. The van der Waals surface area contributed by atoms with Gasteiger partial charge in [0.15, 0.2) is 0 Å². The molecular weight excluding hydrogens is 1730 g/mol. The predicted molar refractivity (Wildman–Crippen MR) is 524 cm³/mol. The maximum Gasteiger partial charge on any atom is 0.243 e. The molecule has 0 fully saturated rings. The highest BCUT2D eigenvalue weighted by Gasteiger charge is 2.33. The number of carbonyl (C=O) groups excluding carboxylic acids is 14. The molecule has 0 heterocycles. The summed E-state index contributed by atoms with van der Waals surface area (Å²) < 4.78 is 0. The van der Waals surface area contributed by atoms with Gasteiger partial charge in [-0.3, -0.25) is 67.1 Å².